The molecule has 1 saturated carbocycles. The Morgan fingerprint density at radius 1 is 1.05 bits per heavy atom. The molecule has 11 nitrogen and oxygen atoms in total. The van der Waals surface area contributed by atoms with Crippen LogP contribution >= 0.6 is 0 Å². The fourth-order valence-electron chi connectivity index (χ4n) is 5.32. The first-order chi connectivity index (χ1) is 19.0. The Labute approximate surface area is 226 Å². The first-order valence-electron chi connectivity index (χ1n) is 13.2. The number of hydrogen-bond acceptors (Lipinski definition) is 9. The lowest BCUT2D eigenvalue weighted by Crippen LogP contribution is -2.41. The van der Waals surface area contributed by atoms with Gasteiger partial charge in [0.1, 0.15) is 0 Å². The van der Waals surface area contributed by atoms with Crippen LogP contribution < -0.4 is 24.8 Å². The fourth-order valence-corrected chi connectivity index (χ4v) is 5.32. The molecule has 0 radical (unpaired) electrons. The average molecular weight is 536 g/mol. The third kappa shape index (κ3) is 6.66. The first-order valence-corrected chi connectivity index (χ1v) is 13.2. The minimum Gasteiger partial charge on any atom is -0.454 e. The van der Waals surface area contributed by atoms with Crippen molar-refractivity contribution in [2.75, 3.05) is 27.4 Å². The van der Waals surface area contributed by atoms with Crippen LogP contribution in [0, 0.1) is 5.92 Å². The van der Waals surface area contributed by atoms with E-state index in [1.807, 2.05) is 6.07 Å². The SMILES string of the molecule is CN(C)C(c1ccccc1)C1CCC(NC(=O)CCNC(=O)Oc2nc(-c3ccc4c(c3)OCO4)no2)CC1. The van der Waals surface area contributed by atoms with Crippen LogP contribution in [0.15, 0.2) is 53.1 Å². The van der Waals surface area contributed by atoms with Crippen molar-refractivity contribution >= 4 is 12.0 Å². The molecule has 1 aromatic heterocycles. The van der Waals surface area contributed by atoms with Gasteiger partial charge < -0.3 is 29.7 Å². The van der Waals surface area contributed by atoms with Gasteiger partial charge in [-0.05, 0) is 69.5 Å². The maximum absolute atomic E-state index is 12.5. The number of ether oxygens (including phenoxy) is 3. The van der Waals surface area contributed by atoms with Crippen molar-refractivity contribution in [3.63, 3.8) is 0 Å². The number of rotatable bonds is 9. The summed E-state index contributed by atoms with van der Waals surface area (Å²) in [5.41, 5.74) is 1.96. The number of benzene rings is 2. The number of carbonyl (C=O) groups is 2. The summed E-state index contributed by atoms with van der Waals surface area (Å²) < 4.78 is 20.7. The van der Waals surface area contributed by atoms with Gasteiger partial charge in [-0.15, -0.1) is 0 Å². The number of amides is 2. The molecule has 0 saturated heterocycles. The lowest BCUT2D eigenvalue weighted by atomic mass is 9.78. The van der Waals surface area contributed by atoms with Crippen molar-refractivity contribution < 1.29 is 28.3 Å². The summed E-state index contributed by atoms with van der Waals surface area (Å²) in [5.74, 6) is 1.89. The summed E-state index contributed by atoms with van der Waals surface area (Å²) in [6.45, 7) is 0.282. The minimum atomic E-state index is -0.778. The molecule has 0 bridgehead atoms. The van der Waals surface area contributed by atoms with E-state index in [-0.39, 0.29) is 43.6 Å². The van der Waals surface area contributed by atoms with Crippen LogP contribution in [0.3, 0.4) is 0 Å². The molecule has 1 atom stereocenters. The largest absolute Gasteiger partial charge is 0.454 e. The molecule has 2 aromatic carbocycles. The molecule has 2 amide bonds. The van der Waals surface area contributed by atoms with Crippen LogP contribution in [0.4, 0.5) is 4.79 Å². The molecule has 1 unspecified atom stereocenters. The van der Waals surface area contributed by atoms with Crippen molar-refractivity contribution in [3.8, 4) is 29.0 Å². The molecule has 2 heterocycles. The van der Waals surface area contributed by atoms with Crippen molar-refractivity contribution in [1.82, 2.24) is 25.7 Å². The van der Waals surface area contributed by atoms with Gasteiger partial charge in [0.2, 0.25) is 18.5 Å². The average Bonchev–Trinajstić information content (AvgIpc) is 3.59. The highest BCUT2D eigenvalue weighted by molar-refractivity contribution is 5.77. The fraction of sp³-hybridized carbons (Fsp3) is 0.429. The van der Waals surface area contributed by atoms with Gasteiger partial charge in [-0.3, -0.25) is 9.32 Å². The van der Waals surface area contributed by atoms with Crippen LogP contribution in [-0.4, -0.2) is 60.5 Å². The van der Waals surface area contributed by atoms with Crippen molar-refractivity contribution in [3.05, 3.63) is 54.1 Å². The van der Waals surface area contributed by atoms with Gasteiger partial charge in [0.25, 0.3) is 0 Å². The Morgan fingerprint density at radius 3 is 2.59 bits per heavy atom. The van der Waals surface area contributed by atoms with E-state index in [4.69, 9.17) is 18.7 Å². The van der Waals surface area contributed by atoms with Gasteiger partial charge in [0, 0.05) is 30.6 Å². The maximum atomic E-state index is 12.5. The monoisotopic (exact) mass is 535 g/mol. The van der Waals surface area contributed by atoms with Crippen LogP contribution in [0.5, 0.6) is 17.6 Å². The van der Waals surface area contributed by atoms with Crippen molar-refractivity contribution in [2.45, 2.75) is 44.2 Å². The van der Waals surface area contributed by atoms with E-state index >= 15 is 0 Å². The highest BCUT2D eigenvalue weighted by Gasteiger charge is 2.30. The predicted molar refractivity (Wildman–Crippen MR) is 141 cm³/mol. The summed E-state index contributed by atoms with van der Waals surface area (Å²) in [5, 5.41) is 9.48. The van der Waals surface area contributed by atoms with Gasteiger partial charge >= 0.3 is 12.2 Å². The second-order valence-electron chi connectivity index (χ2n) is 10.0. The molecule has 2 N–H and O–H groups in total. The quantitative estimate of drug-likeness (QED) is 0.419. The molecular weight excluding hydrogens is 502 g/mol. The molecule has 2 aliphatic rings. The first kappa shape index (κ1) is 26.5. The summed E-state index contributed by atoms with van der Waals surface area (Å²) in [7, 11) is 4.25. The summed E-state index contributed by atoms with van der Waals surface area (Å²) >= 11 is 0. The molecular formula is C28H33N5O6. The van der Waals surface area contributed by atoms with Crippen molar-refractivity contribution in [2.24, 2.45) is 5.92 Å². The number of carbonyl (C=O) groups excluding carboxylic acids is 2. The number of aromatic nitrogens is 2. The third-order valence-electron chi connectivity index (χ3n) is 7.12. The Bertz CT molecular complexity index is 1270. The Kier molecular flexibility index (Phi) is 8.26. The summed E-state index contributed by atoms with van der Waals surface area (Å²) in [6, 6.07) is 16.3. The molecule has 5 rings (SSSR count). The molecule has 39 heavy (non-hydrogen) atoms. The van der Waals surface area contributed by atoms with E-state index < -0.39 is 6.09 Å². The smallest absolute Gasteiger partial charge is 0.426 e. The molecule has 206 valence electrons. The number of hydrogen-bond donors (Lipinski definition) is 2. The summed E-state index contributed by atoms with van der Waals surface area (Å²) in [6.07, 6.45) is 3.04. The van der Waals surface area contributed by atoms with Gasteiger partial charge in [0.15, 0.2) is 11.5 Å². The maximum Gasteiger partial charge on any atom is 0.426 e. The van der Waals surface area contributed by atoms with E-state index in [1.165, 1.54) is 5.56 Å². The van der Waals surface area contributed by atoms with Gasteiger partial charge in [-0.2, -0.15) is 4.98 Å². The van der Waals surface area contributed by atoms with E-state index in [0.29, 0.717) is 29.0 Å². The molecule has 1 fully saturated rings. The molecule has 1 aliphatic heterocycles. The predicted octanol–water partition coefficient (Wildman–Crippen LogP) is 3.92. The van der Waals surface area contributed by atoms with E-state index in [9.17, 15) is 9.59 Å². The normalized spacial score (nSPS) is 18.9. The minimum absolute atomic E-state index is 0.103. The molecule has 11 heteroatoms. The Balaban J connectivity index is 1.02. The zero-order chi connectivity index (χ0) is 27.2. The van der Waals surface area contributed by atoms with Crippen molar-refractivity contribution in [1.29, 1.82) is 0 Å². The van der Waals surface area contributed by atoms with Gasteiger partial charge in [-0.25, -0.2) is 4.79 Å². The zero-order valence-corrected chi connectivity index (χ0v) is 22.1. The second kappa shape index (κ2) is 12.2. The highest BCUT2D eigenvalue weighted by Crippen LogP contribution is 2.37. The Hall–Kier alpha value is -4.12. The van der Waals surface area contributed by atoms with E-state index in [2.05, 4.69) is 64.0 Å². The molecule has 1 aliphatic carbocycles. The lowest BCUT2D eigenvalue weighted by Gasteiger charge is -2.37. The summed E-state index contributed by atoms with van der Waals surface area (Å²) in [4.78, 5) is 31.0. The number of fused-ring (bicyclic) bond motifs is 1. The van der Waals surface area contributed by atoms with Crippen LogP contribution in [-0.2, 0) is 4.79 Å². The van der Waals surface area contributed by atoms with Crippen LogP contribution in [0.25, 0.3) is 11.4 Å². The standard InChI is InChI=1S/C28H33N5O6/c1-33(2)25(18-6-4-3-5-7-18)19-8-11-21(12-9-19)30-24(34)14-15-29-27(35)38-28-31-26(32-39-28)20-10-13-22-23(16-20)37-17-36-22/h3-7,10,13,16,19,21,25H,8-9,11-12,14-15,17H2,1-2H3,(H,29,35)(H,30,34). The molecule has 0 spiro atoms. The zero-order valence-electron chi connectivity index (χ0n) is 22.1. The van der Waals surface area contributed by atoms with Crippen LogP contribution in [0.2, 0.25) is 0 Å². The number of nitrogens with zero attached hydrogens (tertiary/aromatic N) is 3. The van der Waals surface area contributed by atoms with Crippen LogP contribution in [0.1, 0.15) is 43.7 Å². The van der Waals surface area contributed by atoms with E-state index in [0.717, 1.165) is 25.7 Å². The topological polar surface area (TPSA) is 128 Å². The lowest BCUT2D eigenvalue weighted by molar-refractivity contribution is -0.122. The van der Waals surface area contributed by atoms with Gasteiger partial charge in [0.05, 0.1) is 0 Å². The molecule has 3 aromatic rings. The third-order valence-corrected chi connectivity index (χ3v) is 7.12. The van der Waals surface area contributed by atoms with E-state index in [1.54, 1.807) is 18.2 Å². The number of nitrogens with one attached hydrogen (secondary N) is 2. The highest BCUT2D eigenvalue weighted by atomic mass is 16.7. The Morgan fingerprint density at radius 2 is 1.82 bits per heavy atom. The second-order valence-corrected chi connectivity index (χ2v) is 10.0. The van der Waals surface area contributed by atoms with Gasteiger partial charge in [-0.1, -0.05) is 35.5 Å².